The molecule has 6 nitrogen and oxygen atoms in total. The molecule has 0 aliphatic rings. The summed E-state index contributed by atoms with van der Waals surface area (Å²) in [6.45, 7) is 6.26. The summed E-state index contributed by atoms with van der Waals surface area (Å²) in [6.07, 6.45) is 56.7. The molecule has 0 fully saturated rings. The Kier molecular flexibility index (Phi) is 41.2. The number of rotatable bonds is 38. The third kappa shape index (κ3) is 41.5. The molecule has 0 radical (unpaired) electrons. The zero-order valence-corrected chi connectivity index (χ0v) is 35.9. The van der Waals surface area contributed by atoms with Crippen molar-refractivity contribution in [2.24, 2.45) is 0 Å². The molecule has 0 aromatic heterocycles. The molecule has 0 heterocycles. The molecule has 1 unspecified atom stereocenters. The highest BCUT2D eigenvalue weighted by atomic mass is 16.6. The van der Waals surface area contributed by atoms with Crippen LogP contribution >= 0.6 is 0 Å². The number of hydrogen-bond donors (Lipinski definition) is 0. The van der Waals surface area contributed by atoms with E-state index in [1.807, 2.05) is 60.8 Å². The highest BCUT2D eigenvalue weighted by Gasteiger charge is 2.19. The summed E-state index contributed by atoms with van der Waals surface area (Å²) in [7, 11) is 0. The molecule has 0 spiro atoms. The lowest BCUT2D eigenvalue weighted by Gasteiger charge is -2.18. The van der Waals surface area contributed by atoms with Gasteiger partial charge in [-0.05, 0) is 57.8 Å². The summed E-state index contributed by atoms with van der Waals surface area (Å²) in [4.78, 5) is 37.7. The summed E-state index contributed by atoms with van der Waals surface area (Å²) < 4.78 is 16.6. The Labute approximate surface area is 343 Å². The molecule has 0 aliphatic heterocycles. The zero-order valence-electron chi connectivity index (χ0n) is 35.9. The maximum Gasteiger partial charge on any atom is 0.306 e. The van der Waals surface area contributed by atoms with Crippen LogP contribution in [0.3, 0.4) is 0 Å². The lowest BCUT2D eigenvalue weighted by molar-refractivity contribution is -0.167. The number of ether oxygens (including phenoxy) is 3. The van der Waals surface area contributed by atoms with Crippen molar-refractivity contribution in [3.63, 3.8) is 0 Å². The molecule has 0 saturated carbocycles. The van der Waals surface area contributed by atoms with Crippen LogP contribution in [0.2, 0.25) is 0 Å². The second-order valence-corrected chi connectivity index (χ2v) is 14.4. The van der Waals surface area contributed by atoms with Crippen molar-refractivity contribution in [2.45, 2.75) is 187 Å². The van der Waals surface area contributed by atoms with Gasteiger partial charge in [0.25, 0.3) is 0 Å². The van der Waals surface area contributed by atoms with Crippen LogP contribution in [0.25, 0.3) is 0 Å². The molecule has 0 bridgehead atoms. The van der Waals surface area contributed by atoms with E-state index in [2.05, 4.69) is 57.2 Å². The van der Waals surface area contributed by atoms with Gasteiger partial charge < -0.3 is 14.2 Å². The number of carbonyl (C=O) groups is 3. The van der Waals surface area contributed by atoms with Gasteiger partial charge in [0.15, 0.2) is 6.10 Å². The lowest BCUT2D eigenvalue weighted by Crippen LogP contribution is -2.30. The van der Waals surface area contributed by atoms with Gasteiger partial charge in [0.2, 0.25) is 0 Å². The van der Waals surface area contributed by atoms with E-state index in [1.54, 1.807) is 0 Å². The third-order valence-corrected chi connectivity index (χ3v) is 9.02. The summed E-state index contributed by atoms with van der Waals surface area (Å²) in [5.74, 6) is -0.977. The monoisotopic (exact) mass is 777 g/mol. The number of esters is 3. The topological polar surface area (TPSA) is 78.9 Å². The fourth-order valence-electron chi connectivity index (χ4n) is 5.70. The van der Waals surface area contributed by atoms with Gasteiger partial charge >= 0.3 is 17.9 Å². The van der Waals surface area contributed by atoms with E-state index in [-0.39, 0.29) is 37.5 Å². The number of allylic oxidation sites excluding steroid dienone is 16. The predicted octanol–water partition coefficient (Wildman–Crippen LogP) is 14.2. The van der Waals surface area contributed by atoms with Gasteiger partial charge in [0.1, 0.15) is 13.2 Å². The first kappa shape index (κ1) is 52.3. The molecule has 0 rings (SSSR count). The average molecular weight is 777 g/mol. The first-order valence-electron chi connectivity index (χ1n) is 22.3. The Morgan fingerprint density at radius 2 is 0.696 bits per heavy atom. The predicted molar refractivity (Wildman–Crippen MR) is 237 cm³/mol. The second kappa shape index (κ2) is 44.0. The van der Waals surface area contributed by atoms with Crippen molar-refractivity contribution in [1.82, 2.24) is 0 Å². The molecule has 0 aromatic carbocycles. The van der Waals surface area contributed by atoms with Gasteiger partial charge in [-0.1, -0.05) is 201 Å². The van der Waals surface area contributed by atoms with Gasteiger partial charge in [-0.15, -0.1) is 0 Å². The van der Waals surface area contributed by atoms with E-state index in [9.17, 15) is 14.4 Å². The normalized spacial score (nSPS) is 13.0. The van der Waals surface area contributed by atoms with Crippen LogP contribution in [0.4, 0.5) is 0 Å². The molecule has 56 heavy (non-hydrogen) atoms. The Morgan fingerprint density at radius 3 is 1.11 bits per heavy atom. The molecule has 0 aliphatic carbocycles. The number of carbonyl (C=O) groups excluding carboxylic acids is 3. The molecule has 0 amide bonds. The van der Waals surface area contributed by atoms with Crippen molar-refractivity contribution in [3.8, 4) is 0 Å². The van der Waals surface area contributed by atoms with E-state index in [0.717, 1.165) is 89.9 Å². The van der Waals surface area contributed by atoms with E-state index in [0.29, 0.717) is 19.3 Å². The molecular formula is C50H80O6. The van der Waals surface area contributed by atoms with Crippen LogP contribution in [0.1, 0.15) is 181 Å². The van der Waals surface area contributed by atoms with Crippen molar-refractivity contribution in [2.75, 3.05) is 13.2 Å². The van der Waals surface area contributed by atoms with Gasteiger partial charge in [0, 0.05) is 19.3 Å². The Morgan fingerprint density at radius 1 is 0.375 bits per heavy atom. The minimum Gasteiger partial charge on any atom is -0.462 e. The molecule has 0 N–H and O–H groups in total. The van der Waals surface area contributed by atoms with Crippen LogP contribution in [-0.2, 0) is 28.6 Å². The maximum absolute atomic E-state index is 12.7. The molecule has 6 heteroatoms. The van der Waals surface area contributed by atoms with Crippen LogP contribution in [0.5, 0.6) is 0 Å². The van der Waals surface area contributed by atoms with Crippen LogP contribution in [0, 0.1) is 0 Å². The fraction of sp³-hybridized carbons (Fsp3) is 0.620. The van der Waals surface area contributed by atoms with E-state index in [4.69, 9.17) is 14.2 Å². The Bertz CT molecular complexity index is 1170. The standard InChI is InChI=1S/C50H80O6/c1-4-7-10-13-16-19-22-24-25-27-28-31-34-37-40-43-49(52)55-46-47(45-54-48(51)42-39-36-33-30-21-18-15-12-9-6-3)56-50(53)44-41-38-35-32-29-26-23-20-17-14-11-8-5-2/h7-8,10-11,13-14,16-17,19-20,22-26,29,47H,4-6,9,12,15,18,21,27-28,30-46H2,1-3H3/b10-7-,11-8-,16-13-,17-14-,22-19-,23-20-,25-24-,29-26-. The van der Waals surface area contributed by atoms with Crippen LogP contribution in [0.15, 0.2) is 97.2 Å². The largest absolute Gasteiger partial charge is 0.462 e. The minimum atomic E-state index is -0.804. The lowest BCUT2D eigenvalue weighted by atomic mass is 10.1. The van der Waals surface area contributed by atoms with E-state index >= 15 is 0 Å². The molecule has 0 aromatic rings. The second-order valence-electron chi connectivity index (χ2n) is 14.4. The van der Waals surface area contributed by atoms with Gasteiger partial charge in [0.05, 0.1) is 0 Å². The van der Waals surface area contributed by atoms with Crippen molar-refractivity contribution >= 4 is 17.9 Å². The highest BCUT2D eigenvalue weighted by Crippen LogP contribution is 2.13. The van der Waals surface area contributed by atoms with Gasteiger partial charge in [-0.2, -0.15) is 0 Å². The molecule has 1 atom stereocenters. The summed E-state index contributed by atoms with van der Waals surface area (Å²) >= 11 is 0. The quantitative estimate of drug-likeness (QED) is 0.0269. The maximum atomic E-state index is 12.7. The molecule has 0 saturated heterocycles. The van der Waals surface area contributed by atoms with Crippen LogP contribution in [-0.4, -0.2) is 37.2 Å². The molecule has 316 valence electrons. The fourth-order valence-corrected chi connectivity index (χ4v) is 5.70. The molecular weight excluding hydrogens is 697 g/mol. The SMILES string of the molecule is CC\C=C/C=C\C=C/C=C\CCCCCCCC(=O)OCC(COC(=O)CCCCCCCCCCCC)OC(=O)CCCCC\C=C/C=C\C=C/C=C\CC. The van der Waals surface area contributed by atoms with E-state index in [1.165, 1.54) is 44.9 Å². The van der Waals surface area contributed by atoms with Gasteiger partial charge in [-0.3, -0.25) is 14.4 Å². The summed E-state index contributed by atoms with van der Waals surface area (Å²) in [5.41, 5.74) is 0. The first-order chi connectivity index (χ1) is 27.5. The van der Waals surface area contributed by atoms with Crippen molar-refractivity contribution < 1.29 is 28.6 Å². The van der Waals surface area contributed by atoms with Gasteiger partial charge in [-0.25, -0.2) is 0 Å². The van der Waals surface area contributed by atoms with Crippen molar-refractivity contribution in [1.29, 1.82) is 0 Å². The highest BCUT2D eigenvalue weighted by molar-refractivity contribution is 5.71. The Balaban J connectivity index is 4.50. The van der Waals surface area contributed by atoms with E-state index < -0.39 is 6.10 Å². The third-order valence-electron chi connectivity index (χ3n) is 9.02. The number of unbranched alkanes of at least 4 members (excludes halogenated alkanes) is 17. The van der Waals surface area contributed by atoms with Crippen LogP contribution < -0.4 is 0 Å². The summed E-state index contributed by atoms with van der Waals surface area (Å²) in [5, 5.41) is 0. The first-order valence-corrected chi connectivity index (χ1v) is 22.3. The zero-order chi connectivity index (χ0) is 40.8. The average Bonchev–Trinajstić information content (AvgIpc) is 3.19. The smallest absolute Gasteiger partial charge is 0.306 e. The summed E-state index contributed by atoms with van der Waals surface area (Å²) in [6, 6.07) is 0. The number of hydrogen-bond acceptors (Lipinski definition) is 6. The minimum absolute atomic E-state index is 0.102. The Hall–Kier alpha value is -3.67. The van der Waals surface area contributed by atoms with Crippen molar-refractivity contribution in [3.05, 3.63) is 97.2 Å².